The Bertz CT molecular complexity index is 879. The fourth-order valence-corrected chi connectivity index (χ4v) is 3.92. The molecule has 1 fully saturated rings. The standard InChI is InChI=1S/C23H27N3O/c27-23(12-6-9-20-17-24-22-11-5-4-10-21(20)22)26-15-13-25(14-16-26)18-19-7-2-1-3-8-19/h1-5,7-8,10-11,17,24H,6,9,12-16,18H2. The van der Waals surface area contributed by atoms with Crippen molar-refractivity contribution in [3.63, 3.8) is 0 Å². The fourth-order valence-electron chi connectivity index (χ4n) is 3.92. The number of nitrogens with one attached hydrogen (secondary N) is 1. The van der Waals surface area contributed by atoms with Crippen molar-refractivity contribution in [3.05, 3.63) is 71.9 Å². The molecule has 27 heavy (non-hydrogen) atoms. The zero-order chi connectivity index (χ0) is 18.5. The molecule has 0 spiro atoms. The molecular formula is C23H27N3O. The third-order valence-electron chi connectivity index (χ3n) is 5.49. The van der Waals surface area contributed by atoms with E-state index in [-0.39, 0.29) is 0 Å². The van der Waals surface area contributed by atoms with Gasteiger partial charge in [0.15, 0.2) is 0 Å². The van der Waals surface area contributed by atoms with E-state index < -0.39 is 0 Å². The number of hydrogen-bond donors (Lipinski definition) is 1. The van der Waals surface area contributed by atoms with E-state index in [0.717, 1.165) is 45.6 Å². The molecule has 0 aliphatic carbocycles. The third-order valence-corrected chi connectivity index (χ3v) is 5.49. The molecular weight excluding hydrogens is 334 g/mol. The summed E-state index contributed by atoms with van der Waals surface area (Å²) in [7, 11) is 0. The van der Waals surface area contributed by atoms with Crippen molar-refractivity contribution in [1.82, 2.24) is 14.8 Å². The van der Waals surface area contributed by atoms with Crippen molar-refractivity contribution in [1.29, 1.82) is 0 Å². The normalized spacial score (nSPS) is 15.3. The monoisotopic (exact) mass is 361 g/mol. The number of para-hydroxylation sites is 1. The van der Waals surface area contributed by atoms with Gasteiger partial charge < -0.3 is 9.88 Å². The van der Waals surface area contributed by atoms with Gasteiger partial charge in [0.25, 0.3) is 0 Å². The SMILES string of the molecule is O=C(CCCc1c[nH]c2ccccc12)N1CCN(Cc2ccccc2)CC1. The molecule has 0 atom stereocenters. The first kappa shape index (κ1) is 17.8. The summed E-state index contributed by atoms with van der Waals surface area (Å²) in [5, 5.41) is 1.28. The highest BCUT2D eigenvalue weighted by atomic mass is 16.2. The van der Waals surface area contributed by atoms with E-state index in [4.69, 9.17) is 0 Å². The number of amides is 1. The Morgan fingerprint density at radius 1 is 0.926 bits per heavy atom. The Morgan fingerprint density at radius 3 is 2.48 bits per heavy atom. The van der Waals surface area contributed by atoms with Crippen LogP contribution in [0.25, 0.3) is 10.9 Å². The topological polar surface area (TPSA) is 39.3 Å². The van der Waals surface area contributed by atoms with E-state index in [2.05, 4.69) is 64.6 Å². The van der Waals surface area contributed by atoms with E-state index in [1.807, 2.05) is 11.0 Å². The Morgan fingerprint density at radius 2 is 1.67 bits per heavy atom. The zero-order valence-electron chi connectivity index (χ0n) is 15.7. The molecule has 1 N–H and O–H groups in total. The predicted octanol–water partition coefficient (Wildman–Crippen LogP) is 3.84. The molecule has 140 valence electrons. The molecule has 3 aromatic rings. The predicted molar refractivity (Wildman–Crippen MR) is 110 cm³/mol. The molecule has 0 saturated carbocycles. The summed E-state index contributed by atoms with van der Waals surface area (Å²) in [6.07, 6.45) is 4.57. The molecule has 1 aliphatic heterocycles. The van der Waals surface area contributed by atoms with Gasteiger partial charge in [-0.2, -0.15) is 0 Å². The van der Waals surface area contributed by atoms with Crippen LogP contribution in [0, 0.1) is 0 Å². The first-order valence-corrected chi connectivity index (χ1v) is 9.88. The average Bonchev–Trinajstić information content (AvgIpc) is 3.12. The minimum absolute atomic E-state index is 0.300. The van der Waals surface area contributed by atoms with Gasteiger partial charge in [0.2, 0.25) is 5.91 Å². The van der Waals surface area contributed by atoms with Gasteiger partial charge in [0, 0.05) is 56.2 Å². The number of H-pyrrole nitrogens is 1. The summed E-state index contributed by atoms with van der Waals surface area (Å²) < 4.78 is 0. The van der Waals surface area contributed by atoms with E-state index in [9.17, 15) is 4.79 Å². The molecule has 0 radical (unpaired) electrons. The largest absolute Gasteiger partial charge is 0.361 e. The van der Waals surface area contributed by atoms with Gasteiger partial charge in [-0.3, -0.25) is 9.69 Å². The first-order valence-electron chi connectivity index (χ1n) is 9.88. The first-order chi connectivity index (χ1) is 13.3. The summed E-state index contributed by atoms with van der Waals surface area (Å²) in [6, 6.07) is 18.9. The van der Waals surface area contributed by atoms with Crippen LogP contribution >= 0.6 is 0 Å². The lowest BCUT2D eigenvalue weighted by atomic mass is 10.1. The number of benzene rings is 2. The number of aryl methyl sites for hydroxylation is 1. The lowest BCUT2D eigenvalue weighted by Gasteiger charge is -2.34. The van der Waals surface area contributed by atoms with Gasteiger partial charge in [-0.1, -0.05) is 48.5 Å². The molecule has 0 unspecified atom stereocenters. The maximum Gasteiger partial charge on any atom is 0.222 e. The molecule has 2 heterocycles. The van der Waals surface area contributed by atoms with Gasteiger partial charge in [-0.25, -0.2) is 0 Å². The summed E-state index contributed by atoms with van der Waals surface area (Å²) >= 11 is 0. The highest BCUT2D eigenvalue weighted by molar-refractivity contribution is 5.83. The van der Waals surface area contributed by atoms with Gasteiger partial charge in [-0.15, -0.1) is 0 Å². The van der Waals surface area contributed by atoms with Crippen molar-refractivity contribution in [3.8, 4) is 0 Å². The van der Waals surface area contributed by atoms with Gasteiger partial charge in [0.1, 0.15) is 0 Å². The van der Waals surface area contributed by atoms with Crippen LogP contribution in [-0.2, 0) is 17.8 Å². The minimum Gasteiger partial charge on any atom is -0.361 e. The van der Waals surface area contributed by atoms with Gasteiger partial charge in [-0.05, 0) is 30.0 Å². The second kappa shape index (κ2) is 8.40. The van der Waals surface area contributed by atoms with Gasteiger partial charge in [0.05, 0.1) is 0 Å². The molecule has 4 nitrogen and oxygen atoms in total. The molecule has 1 aromatic heterocycles. The summed E-state index contributed by atoms with van der Waals surface area (Å²) in [5.41, 5.74) is 3.83. The van der Waals surface area contributed by atoms with Crippen molar-refractivity contribution < 1.29 is 4.79 Å². The van der Waals surface area contributed by atoms with E-state index >= 15 is 0 Å². The van der Waals surface area contributed by atoms with Gasteiger partial charge >= 0.3 is 0 Å². The quantitative estimate of drug-likeness (QED) is 0.725. The van der Waals surface area contributed by atoms with Crippen molar-refractivity contribution in [2.24, 2.45) is 0 Å². The van der Waals surface area contributed by atoms with Crippen molar-refractivity contribution in [2.45, 2.75) is 25.8 Å². The number of piperazine rings is 1. The molecule has 1 saturated heterocycles. The summed E-state index contributed by atoms with van der Waals surface area (Å²) in [5.74, 6) is 0.300. The molecule has 0 bridgehead atoms. The second-order valence-electron chi connectivity index (χ2n) is 7.36. The number of nitrogens with zero attached hydrogens (tertiary/aromatic N) is 2. The van der Waals surface area contributed by atoms with Crippen LogP contribution in [-0.4, -0.2) is 46.9 Å². The molecule has 2 aromatic carbocycles. The lowest BCUT2D eigenvalue weighted by molar-refractivity contribution is -0.133. The maximum atomic E-state index is 12.6. The van der Waals surface area contributed by atoms with Crippen LogP contribution in [0.3, 0.4) is 0 Å². The Kier molecular flexibility index (Phi) is 5.54. The third kappa shape index (κ3) is 4.40. The Balaban J connectivity index is 1.21. The van der Waals surface area contributed by atoms with Crippen molar-refractivity contribution >= 4 is 16.8 Å². The van der Waals surface area contributed by atoms with E-state index in [0.29, 0.717) is 12.3 Å². The molecule has 1 amide bonds. The Hall–Kier alpha value is -2.59. The molecule has 4 rings (SSSR count). The number of rotatable bonds is 6. The highest BCUT2D eigenvalue weighted by Gasteiger charge is 2.20. The van der Waals surface area contributed by atoms with Crippen LogP contribution in [0.2, 0.25) is 0 Å². The summed E-state index contributed by atoms with van der Waals surface area (Å²) in [6.45, 7) is 4.59. The Labute approximate surface area is 160 Å². The minimum atomic E-state index is 0.300. The number of hydrogen-bond acceptors (Lipinski definition) is 2. The average molecular weight is 361 g/mol. The molecule has 4 heteroatoms. The summed E-state index contributed by atoms with van der Waals surface area (Å²) in [4.78, 5) is 20.3. The number of carbonyl (C=O) groups is 1. The smallest absolute Gasteiger partial charge is 0.222 e. The second-order valence-corrected chi connectivity index (χ2v) is 7.36. The van der Waals surface area contributed by atoms with Crippen LogP contribution in [0.1, 0.15) is 24.0 Å². The van der Waals surface area contributed by atoms with E-state index in [1.54, 1.807) is 0 Å². The maximum absolute atomic E-state index is 12.6. The zero-order valence-corrected chi connectivity index (χ0v) is 15.7. The number of aromatic amines is 1. The van der Waals surface area contributed by atoms with Crippen LogP contribution in [0.4, 0.5) is 0 Å². The van der Waals surface area contributed by atoms with E-state index in [1.165, 1.54) is 22.0 Å². The van der Waals surface area contributed by atoms with Crippen LogP contribution in [0.5, 0.6) is 0 Å². The molecule has 1 aliphatic rings. The van der Waals surface area contributed by atoms with Crippen molar-refractivity contribution in [2.75, 3.05) is 26.2 Å². The fraction of sp³-hybridized carbons (Fsp3) is 0.348. The van der Waals surface area contributed by atoms with Crippen LogP contribution < -0.4 is 0 Å². The number of carbonyl (C=O) groups excluding carboxylic acids is 1. The highest BCUT2D eigenvalue weighted by Crippen LogP contribution is 2.20. The lowest BCUT2D eigenvalue weighted by Crippen LogP contribution is -2.48. The number of aromatic nitrogens is 1. The number of fused-ring (bicyclic) bond motifs is 1. The van der Waals surface area contributed by atoms with Crippen LogP contribution in [0.15, 0.2) is 60.8 Å².